The topological polar surface area (TPSA) is 84.3 Å². The zero-order chi connectivity index (χ0) is 24.6. The molecule has 178 valence electrons. The first-order valence-corrected chi connectivity index (χ1v) is 12.0. The summed E-state index contributed by atoms with van der Waals surface area (Å²) in [5.41, 5.74) is 8.71. The number of nitrogens with zero attached hydrogens (tertiary/aromatic N) is 3. The highest BCUT2D eigenvalue weighted by atomic mass is 35.5. The molecule has 6 rings (SSSR count). The maximum Gasteiger partial charge on any atom is 0.257 e. The molecule has 0 aliphatic carbocycles. The minimum absolute atomic E-state index is 0.285. The first-order valence-electron chi connectivity index (χ1n) is 11.2. The molecule has 5 aromatic rings. The number of halogens is 2. The zero-order valence-electron chi connectivity index (χ0n) is 18.8. The maximum absolute atomic E-state index is 11.3. The fourth-order valence-electron chi connectivity index (χ4n) is 4.40. The van der Waals surface area contributed by atoms with Crippen molar-refractivity contribution in [2.45, 2.75) is 12.8 Å². The molecular weight excluding hydrogens is 497 g/mol. The lowest BCUT2D eigenvalue weighted by Crippen LogP contribution is -2.23. The molecule has 3 aromatic carbocycles. The Balaban J connectivity index is 1.60. The summed E-state index contributed by atoms with van der Waals surface area (Å²) in [6.07, 6.45) is 1.64. The average Bonchev–Trinajstić information content (AvgIpc) is 3.62. The quantitative estimate of drug-likeness (QED) is 0.277. The van der Waals surface area contributed by atoms with E-state index < -0.39 is 6.23 Å². The van der Waals surface area contributed by atoms with Gasteiger partial charge in [-0.2, -0.15) is 0 Å². The van der Waals surface area contributed by atoms with Crippen LogP contribution in [0.15, 0.2) is 84.2 Å². The number of imidazole rings is 1. The fourth-order valence-corrected chi connectivity index (χ4v) is 4.70. The minimum atomic E-state index is -0.851. The van der Waals surface area contributed by atoms with E-state index in [2.05, 4.69) is 20.1 Å². The number of aromatic nitrogens is 3. The number of nitrogens with one attached hydrogen (secondary N) is 2. The number of hydrogen-bond acceptors (Lipinski definition) is 5. The van der Waals surface area contributed by atoms with Crippen LogP contribution in [0.3, 0.4) is 0 Å². The van der Waals surface area contributed by atoms with E-state index in [-0.39, 0.29) is 5.90 Å². The van der Waals surface area contributed by atoms with Crippen molar-refractivity contribution < 1.29 is 9.53 Å². The number of aldehydes is 1. The fraction of sp³-hybridized carbons (Fsp3) is 0.0741. The summed E-state index contributed by atoms with van der Waals surface area (Å²) in [4.78, 5) is 19.5. The van der Waals surface area contributed by atoms with Gasteiger partial charge in [0.1, 0.15) is 5.69 Å². The summed E-state index contributed by atoms with van der Waals surface area (Å²) < 4.78 is 7.86. The highest BCUT2D eigenvalue weighted by Gasteiger charge is 2.29. The number of rotatable bonds is 6. The summed E-state index contributed by atoms with van der Waals surface area (Å²) in [6.45, 7) is 0.564. The standard InChI is InChI=1S/C27H19Cl2N5O2/c28-18-8-6-16(7-9-18)13-34-15-30-24(17-4-2-1-3-5-17)26(34)23-20-11-10-19(29)12-21(20)31-25(23)27-33-32-22(14-35)36-27/h1-12,14-15,22,31-32H,13H2. The normalized spacial score (nSPS) is 14.9. The Morgan fingerprint density at radius 3 is 2.53 bits per heavy atom. The van der Waals surface area contributed by atoms with Gasteiger partial charge >= 0.3 is 0 Å². The van der Waals surface area contributed by atoms with Gasteiger partial charge in [-0.1, -0.05) is 71.7 Å². The number of carbonyl (C=O) groups is 1. The molecule has 7 nitrogen and oxygen atoms in total. The SMILES string of the molecule is O=CC1NN=C(c2[nH]c3cc(Cl)ccc3c2-c2c(-c3ccccc3)ncn2Cc2ccc(Cl)cc2)O1. The number of benzene rings is 3. The van der Waals surface area contributed by atoms with E-state index in [4.69, 9.17) is 32.9 Å². The van der Waals surface area contributed by atoms with Crippen molar-refractivity contribution in [3.05, 3.63) is 100 Å². The molecule has 0 saturated heterocycles. The van der Waals surface area contributed by atoms with E-state index in [0.29, 0.717) is 28.6 Å². The summed E-state index contributed by atoms with van der Waals surface area (Å²) in [6, 6.07) is 23.4. The first-order chi connectivity index (χ1) is 17.6. The van der Waals surface area contributed by atoms with Gasteiger partial charge in [-0.25, -0.2) is 4.98 Å². The second-order valence-corrected chi connectivity index (χ2v) is 9.22. The first kappa shape index (κ1) is 22.4. The molecule has 9 heteroatoms. The van der Waals surface area contributed by atoms with Crippen LogP contribution in [0.4, 0.5) is 0 Å². The van der Waals surface area contributed by atoms with Crippen LogP contribution in [0.25, 0.3) is 33.4 Å². The molecule has 1 unspecified atom stereocenters. The molecule has 0 bridgehead atoms. The van der Waals surface area contributed by atoms with Crippen LogP contribution in [0.5, 0.6) is 0 Å². The molecule has 2 aromatic heterocycles. The van der Waals surface area contributed by atoms with Gasteiger partial charge in [0.25, 0.3) is 5.90 Å². The predicted octanol–water partition coefficient (Wildman–Crippen LogP) is 5.86. The molecular formula is C27H19Cl2N5O2. The van der Waals surface area contributed by atoms with Gasteiger partial charge in [-0.3, -0.25) is 10.2 Å². The Labute approximate surface area is 216 Å². The number of ether oxygens (including phenoxy) is 1. The van der Waals surface area contributed by atoms with Gasteiger partial charge in [0.2, 0.25) is 6.23 Å². The molecule has 1 aliphatic rings. The van der Waals surface area contributed by atoms with Crippen molar-refractivity contribution in [2.24, 2.45) is 5.10 Å². The van der Waals surface area contributed by atoms with Crippen LogP contribution in [-0.4, -0.2) is 32.9 Å². The summed E-state index contributed by atoms with van der Waals surface area (Å²) >= 11 is 12.4. The Morgan fingerprint density at radius 1 is 1.00 bits per heavy atom. The molecule has 3 heterocycles. The van der Waals surface area contributed by atoms with Crippen LogP contribution < -0.4 is 5.43 Å². The van der Waals surface area contributed by atoms with E-state index in [1.54, 1.807) is 0 Å². The van der Waals surface area contributed by atoms with Crippen LogP contribution in [0.2, 0.25) is 10.0 Å². The van der Waals surface area contributed by atoms with Crippen LogP contribution in [0.1, 0.15) is 11.3 Å². The number of fused-ring (bicyclic) bond motifs is 1. The Bertz CT molecular complexity index is 1610. The van der Waals surface area contributed by atoms with Gasteiger partial charge in [-0.05, 0) is 29.8 Å². The molecule has 0 amide bonds. The van der Waals surface area contributed by atoms with Crippen molar-refractivity contribution in [1.82, 2.24) is 20.0 Å². The number of H-pyrrole nitrogens is 1. The molecule has 0 saturated carbocycles. The maximum atomic E-state index is 11.3. The highest BCUT2D eigenvalue weighted by Crippen LogP contribution is 2.40. The Morgan fingerprint density at radius 2 is 1.78 bits per heavy atom. The molecule has 0 spiro atoms. The minimum Gasteiger partial charge on any atom is -0.442 e. The van der Waals surface area contributed by atoms with Crippen molar-refractivity contribution in [2.75, 3.05) is 0 Å². The Hall–Kier alpha value is -4.07. The summed E-state index contributed by atoms with van der Waals surface area (Å²) in [7, 11) is 0. The average molecular weight is 516 g/mol. The van der Waals surface area contributed by atoms with Crippen molar-refractivity contribution in [1.29, 1.82) is 0 Å². The third-order valence-corrected chi connectivity index (χ3v) is 6.51. The van der Waals surface area contributed by atoms with Gasteiger partial charge in [-0.15, -0.1) is 5.10 Å². The zero-order valence-corrected chi connectivity index (χ0v) is 20.3. The molecule has 2 N–H and O–H groups in total. The van der Waals surface area contributed by atoms with E-state index >= 15 is 0 Å². The van der Waals surface area contributed by atoms with Crippen LogP contribution >= 0.6 is 23.2 Å². The monoisotopic (exact) mass is 515 g/mol. The van der Waals surface area contributed by atoms with E-state index in [1.807, 2.05) is 79.1 Å². The molecule has 36 heavy (non-hydrogen) atoms. The van der Waals surface area contributed by atoms with Crippen molar-refractivity contribution in [3.8, 4) is 22.5 Å². The van der Waals surface area contributed by atoms with Gasteiger partial charge in [0, 0.05) is 38.6 Å². The van der Waals surface area contributed by atoms with Crippen LogP contribution in [0, 0.1) is 0 Å². The number of hydrogen-bond donors (Lipinski definition) is 2. The number of carbonyl (C=O) groups excluding carboxylic acids is 1. The summed E-state index contributed by atoms with van der Waals surface area (Å²) in [5, 5.41) is 6.47. The second-order valence-electron chi connectivity index (χ2n) is 8.35. The lowest BCUT2D eigenvalue weighted by molar-refractivity contribution is -0.114. The van der Waals surface area contributed by atoms with Crippen molar-refractivity contribution >= 4 is 46.3 Å². The lowest BCUT2D eigenvalue weighted by Gasteiger charge is -2.13. The molecule has 1 aliphatic heterocycles. The lowest BCUT2D eigenvalue weighted by atomic mass is 10.0. The predicted molar refractivity (Wildman–Crippen MR) is 141 cm³/mol. The van der Waals surface area contributed by atoms with Gasteiger partial charge in [0.15, 0.2) is 6.29 Å². The second kappa shape index (κ2) is 9.18. The van der Waals surface area contributed by atoms with Crippen molar-refractivity contribution in [3.63, 3.8) is 0 Å². The third kappa shape index (κ3) is 4.02. The molecule has 1 atom stereocenters. The highest BCUT2D eigenvalue weighted by molar-refractivity contribution is 6.31. The van der Waals surface area contributed by atoms with Gasteiger partial charge in [0.05, 0.1) is 17.7 Å². The van der Waals surface area contributed by atoms with Gasteiger partial charge < -0.3 is 14.3 Å². The van der Waals surface area contributed by atoms with E-state index in [0.717, 1.165) is 39.0 Å². The molecule has 0 radical (unpaired) electrons. The van der Waals surface area contributed by atoms with E-state index in [1.165, 1.54) is 0 Å². The number of aromatic amines is 1. The summed E-state index contributed by atoms with van der Waals surface area (Å²) in [5.74, 6) is 0.285. The third-order valence-electron chi connectivity index (χ3n) is 6.02. The smallest absolute Gasteiger partial charge is 0.257 e. The van der Waals surface area contributed by atoms with Crippen LogP contribution in [-0.2, 0) is 16.1 Å². The van der Waals surface area contributed by atoms with E-state index in [9.17, 15) is 4.79 Å². The largest absolute Gasteiger partial charge is 0.442 e. The number of hydrazone groups is 1. The Kier molecular flexibility index (Phi) is 5.71. The molecule has 0 fully saturated rings.